The molecule has 2 aromatic rings. The van der Waals surface area contributed by atoms with Gasteiger partial charge in [0.15, 0.2) is 5.11 Å². The van der Waals surface area contributed by atoms with E-state index >= 15 is 0 Å². The van der Waals surface area contributed by atoms with Crippen LogP contribution in [0.15, 0.2) is 66.8 Å². The van der Waals surface area contributed by atoms with Crippen molar-refractivity contribution in [1.82, 2.24) is 10.2 Å². The summed E-state index contributed by atoms with van der Waals surface area (Å²) in [4.78, 5) is 26.0. The number of amides is 2. The maximum absolute atomic E-state index is 12.5. The minimum atomic E-state index is -0.483. The Morgan fingerprint density at radius 1 is 1.12 bits per heavy atom. The molecular weight excluding hydrogens is 344 g/mol. The molecule has 1 heterocycles. The summed E-state index contributed by atoms with van der Waals surface area (Å²) in [6, 6.07) is 15.9. The number of aryl methyl sites for hydroxylation is 1. The van der Waals surface area contributed by atoms with Crippen LogP contribution >= 0.6 is 12.2 Å². The number of benzene rings is 2. The molecule has 2 aromatic carbocycles. The van der Waals surface area contributed by atoms with Crippen LogP contribution in [-0.4, -0.2) is 28.4 Å². The Balaban J connectivity index is 1.90. The molecule has 0 radical (unpaired) electrons. The molecule has 1 aliphatic rings. The lowest BCUT2D eigenvalue weighted by molar-refractivity contribution is -0.128. The molecule has 1 N–H and O–H groups in total. The lowest BCUT2D eigenvalue weighted by Crippen LogP contribution is -2.53. The lowest BCUT2D eigenvalue weighted by atomic mass is 9.99. The highest BCUT2D eigenvalue weighted by molar-refractivity contribution is 7.80. The summed E-state index contributed by atoms with van der Waals surface area (Å²) in [5, 5.41) is 2.64. The summed E-state index contributed by atoms with van der Waals surface area (Å²) in [7, 11) is 0. The first-order valence-corrected chi connectivity index (χ1v) is 8.58. The fourth-order valence-corrected chi connectivity index (χ4v) is 3.06. The van der Waals surface area contributed by atoms with Gasteiger partial charge in [0.05, 0.1) is 0 Å². The molecule has 4 nitrogen and oxygen atoms in total. The molecule has 0 unspecified atom stereocenters. The Morgan fingerprint density at radius 2 is 1.81 bits per heavy atom. The summed E-state index contributed by atoms with van der Waals surface area (Å²) in [5.41, 5.74) is 4.25. The van der Waals surface area contributed by atoms with Crippen molar-refractivity contribution in [1.29, 1.82) is 0 Å². The van der Waals surface area contributed by atoms with Crippen LogP contribution in [-0.2, 0) is 9.59 Å². The molecule has 5 heteroatoms. The van der Waals surface area contributed by atoms with E-state index in [2.05, 4.69) is 31.0 Å². The predicted molar refractivity (Wildman–Crippen MR) is 107 cm³/mol. The monoisotopic (exact) mass is 362 g/mol. The van der Waals surface area contributed by atoms with Gasteiger partial charge in [-0.1, -0.05) is 54.6 Å². The molecule has 3 rings (SSSR count). The highest BCUT2D eigenvalue weighted by Crippen LogP contribution is 2.24. The second-order valence-corrected chi connectivity index (χ2v) is 6.35. The second-order valence-electron chi connectivity index (χ2n) is 5.96. The first-order chi connectivity index (χ1) is 12.5. The van der Waals surface area contributed by atoms with Gasteiger partial charge in [0.25, 0.3) is 11.8 Å². The normalized spacial score (nSPS) is 16.0. The van der Waals surface area contributed by atoms with Gasteiger partial charge in [-0.3, -0.25) is 19.8 Å². The van der Waals surface area contributed by atoms with Crippen molar-refractivity contribution in [3.05, 3.63) is 77.9 Å². The van der Waals surface area contributed by atoms with Crippen LogP contribution in [0.5, 0.6) is 0 Å². The molecule has 1 saturated heterocycles. The molecular formula is C21H18N2O2S. The first-order valence-electron chi connectivity index (χ1n) is 8.17. The number of carbonyl (C=O) groups is 2. The Kier molecular flexibility index (Phi) is 5.09. The van der Waals surface area contributed by atoms with E-state index in [1.54, 1.807) is 12.2 Å². The van der Waals surface area contributed by atoms with Gasteiger partial charge in [-0.25, -0.2) is 0 Å². The summed E-state index contributed by atoms with van der Waals surface area (Å²) < 4.78 is 0. The van der Waals surface area contributed by atoms with E-state index < -0.39 is 11.8 Å². The van der Waals surface area contributed by atoms with Crippen LogP contribution in [0.4, 0.5) is 0 Å². The Labute approximate surface area is 157 Å². The highest BCUT2D eigenvalue weighted by atomic mass is 32.1. The molecule has 0 saturated carbocycles. The van der Waals surface area contributed by atoms with Crippen molar-refractivity contribution >= 4 is 35.2 Å². The topological polar surface area (TPSA) is 49.4 Å². The lowest BCUT2D eigenvalue weighted by Gasteiger charge is -2.27. The number of hydrogen-bond acceptors (Lipinski definition) is 3. The van der Waals surface area contributed by atoms with Gasteiger partial charge >= 0.3 is 0 Å². The number of hydrogen-bond donors (Lipinski definition) is 1. The maximum atomic E-state index is 12.5. The van der Waals surface area contributed by atoms with E-state index in [1.165, 1.54) is 10.5 Å². The fraction of sp³-hybridized carbons (Fsp3) is 0.0952. The molecule has 0 atom stereocenters. The van der Waals surface area contributed by atoms with Crippen molar-refractivity contribution in [2.45, 2.75) is 6.92 Å². The van der Waals surface area contributed by atoms with Gasteiger partial charge in [0.2, 0.25) is 0 Å². The predicted octanol–water partition coefficient (Wildman–Crippen LogP) is 3.47. The van der Waals surface area contributed by atoms with Gasteiger partial charge in [-0.05, 0) is 47.5 Å². The van der Waals surface area contributed by atoms with E-state index in [0.717, 1.165) is 16.7 Å². The molecule has 26 heavy (non-hydrogen) atoms. The van der Waals surface area contributed by atoms with Crippen LogP contribution < -0.4 is 5.32 Å². The molecule has 2 amide bonds. The van der Waals surface area contributed by atoms with Crippen LogP contribution in [0.2, 0.25) is 0 Å². The standard InChI is InChI=1S/C21H18N2O2S/c1-3-12-23-20(25)18(19(24)22-21(23)26)13-15-8-10-16(11-9-15)17-7-5-4-6-14(17)2/h3-11,13H,1,12H2,2H3,(H,22,24,26)/b18-13+. The molecule has 0 bridgehead atoms. The second kappa shape index (κ2) is 7.45. The largest absolute Gasteiger partial charge is 0.298 e. The molecule has 0 aliphatic carbocycles. The number of nitrogens with one attached hydrogen (secondary N) is 1. The quantitative estimate of drug-likeness (QED) is 0.392. The zero-order chi connectivity index (χ0) is 18.7. The summed E-state index contributed by atoms with van der Waals surface area (Å²) in [6.07, 6.45) is 3.15. The van der Waals surface area contributed by atoms with Crippen LogP contribution in [0.25, 0.3) is 17.2 Å². The SMILES string of the molecule is C=CCN1C(=O)/C(=C/c2ccc(-c3ccccc3C)cc2)C(=O)NC1=S. The summed E-state index contributed by atoms with van der Waals surface area (Å²) in [6.45, 7) is 5.93. The third-order valence-electron chi connectivity index (χ3n) is 4.18. The fourth-order valence-electron chi connectivity index (χ4n) is 2.81. The van der Waals surface area contributed by atoms with Crippen molar-refractivity contribution < 1.29 is 9.59 Å². The molecule has 130 valence electrons. The van der Waals surface area contributed by atoms with Crippen molar-refractivity contribution in [2.24, 2.45) is 0 Å². The van der Waals surface area contributed by atoms with Gasteiger partial charge in [-0.15, -0.1) is 6.58 Å². The van der Waals surface area contributed by atoms with Gasteiger partial charge in [-0.2, -0.15) is 0 Å². The Morgan fingerprint density at radius 3 is 2.46 bits per heavy atom. The van der Waals surface area contributed by atoms with Gasteiger partial charge < -0.3 is 0 Å². The smallest absolute Gasteiger partial charge is 0.265 e. The Hall–Kier alpha value is -3.05. The van der Waals surface area contributed by atoms with Crippen LogP contribution in [0.1, 0.15) is 11.1 Å². The molecule has 1 fully saturated rings. The van der Waals surface area contributed by atoms with E-state index in [1.807, 2.05) is 36.4 Å². The van der Waals surface area contributed by atoms with Gasteiger partial charge in [0, 0.05) is 6.54 Å². The zero-order valence-electron chi connectivity index (χ0n) is 14.4. The number of thiocarbonyl (C=S) groups is 1. The average molecular weight is 362 g/mol. The van der Waals surface area contributed by atoms with E-state index in [4.69, 9.17) is 12.2 Å². The van der Waals surface area contributed by atoms with E-state index in [0.29, 0.717) is 0 Å². The van der Waals surface area contributed by atoms with E-state index in [9.17, 15) is 9.59 Å². The third-order valence-corrected chi connectivity index (χ3v) is 4.50. The molecule has 0 aromatic heterocycles. The third kappa shape index (κ3) is 3.48. The minimum absolute atomic E-state index is 0.0593. The van der Waals surface area contributed by atoms with Gasteiger partial charge in [0.1, 0.15) is 5.57 Å². The average Bonchev–Trinajstić information content (AvgIpc) is 2.63. The van der Waals surface area contributed by atoms with E-state index in [-0.39, 0.29) is 17.2 Å². The maximum Gasteiger partial charge on any atom is 0.265 e. The van der Waals surface area contributed by atoms with Crippen molar-refractivity contribution in [2.75, 3.05) is 6.54 Å². The minimum Gasteiger partial charge on any atom is -0.298 e. The van der Waals surface area contributed by atoms with Crippen molar-refractivity contribution in [3.63, 3.8) is 0 Å². The summed E-state index contributed by atoms with van der Waals surface area (Å²) in [5.74, 6) is -0.898. The number of nitrogens with zero attached hydrogens (tertiary/aromatic N) is 1. The number of rotatable bonds is 4. The van der Waals surface area contributed by atoms with Crippen LogP contribution in [0, 0.1) is 6.92 Å². The Bertz CT molecular complexity index is 929. The highest BCUT2D eigenvalue weighted by Gasteiger charge is 2.32. The first kappa shape index (κ1) is 17.8. The summed E-state index contributed by atoms with van der Waals surface area (Å²) >= 11 is 5.05. The van der Waals surface area contributed by atoms with Crippen molar-refractivity contribution in [3.8, 4) is 11.1 Å². The molecule has 1 aliphatic heterocycles. The number of carbonyl (C=O) groups excluding carboxylic acids is 2. The van der Waals surface area contributed by atoms with Crippen LogP contribution in [0.3, 0.4) is 0 Å². The zero-order valence-corrected chi connectivity index (χ0v) is 15.2. The molecule has 0 spiro atoms.